The van der Waals surface area contributed by atoms with Gasteiger partial charge in [-0.15, -0.1) is 0 Å². The Morgan fingerprint density at radius 1 is 0.811 bits per heavy atom. The Morgan fingerprint density at radius 2 is 1.45 bits per heavy atom. The van der Waals surface area contributed by atoms with Gasteiger partial charge in [0.1, 0.15) is 11.6 Å². The molecule has 274 valence electrons. The molecule has 2 amide bonds. The number of hydrogen-bond donors (Lipinski definition) is 3. The Hall–Kier alpha value is -6.01. The highest BCUT2D eigenvalue weighted by atomic mass is 19.4. The van der Waals surface area contributed by atoms with Crippen molar-refractivity contribution in [1.82, 2.24) is 5.32 Å². The lowest BCUT2D eigenvalue weighted by Crippen LogP contribution is -2.33. The van der Waals surface area contributed by atoms with Crippen LogP contribution in [-0.2, 0) is 33.9 Å². The molecule has 4 N–H and O–H groups in total. The van der Waals surface area contributed by atoms with Crippen LogP contribution in [0.15, 0.2) is 121 Å². The minimum absolute atomic E-state index is 0.0326. The summed E-state index contributed by atoms with van der Waals surface area (Å²) in [6.07, 6.45) is -3.20. The molecule has 53 heavy (non-hydrogen) atoms. The fourth-order valence-electron chi connectivity index (χ4n) is 5.89. The summed E-state index contributed by atoms with van der Waals surface area (Å²) in [4.78, 5) is 37.6. The minimum Gasteiger partial charge on any atom is -0.475 e. The standard InChI is InChI=1S/C39H36FN3O3.C2HF3O2/c40-32-19-16-30(17-20-32)29-14-12-27(13-15-29)26-43(36-10-3-4-11-37(36)46-33-8-5-6-28(24-33)25-41)39(45)23-22-38(44)42-35-21-18-31-7-1-2-9-34(31)35;3-2(4,5)1(6)7/h1-17,19-20,24,35H,18,21-23,25-26,41H2,(H,42,44);(H,6,7). The van der Waals surface area contributed by atoms with Crippen LogP contribution < -0.4 is 20.7 Å². The summed E-state index contributed by atoms with van der Waals surface area (Å²) in [5.41, 5.74) is 12.5. The number of halogens is 4. The number of rotatable bonds is 11. The van der Waals surface area contributed by atoms with Crippen molar-refractivity contribution in [2.24, 2.45) is 5.73 Å². The average Bonchev–Trinajstić information content (AvgIpc) is 3.56. The van der Waals surface area contributed by atoms with Crippen molar-refractivity contribution in [1.29, 1.82) is 0 Å². The molecule has 0 fully saturated rings. The van der Waals surface area contributed by atoms with E-state index in [1.807, 2.05) is 84.9 Å². The zero-order chi connectivity index (χ0) is 38.0. The number of nitrogens with zero attached hydrogens (tertiary/aromatic N) is 1. The number of benzene rings is 5. The molecule has 1 aliphatic carbocycles. The fraction of sp³-hybridized carbons (Fsp3) is 0.195. The van der Waals surface area contributed by atoms with Crippen LogP contribution in [0, 0.1) is 5.82 Å². The third-order valence-electron chi connectivity index (χ3n) is 8.57. The van der Waals surface area contributed by atoms with Gasteiger partial charge in [0.2, 0.25) is 11.8 Å². The van der Waals surface area contributed by atoms with Crippen LogP contribution in [0.2, 0.25) is 0 Å². The number of nitrogens with one attached hydrogen (secondary N) is 1. The molecule has 0 aromatic heterocycles. The Morgan fingerprint density at radius 3 is 2.13 bits per heavy atom. The third-order valence-corrected chi connectivity index (χ3v) is 8.57. The summed E-state index contributed by atoms with van der Waals surface area (Å²) in [5, 5.41) is 10.3. The van der Waals surface area contributed by atoms with Gasteiger partial charge in [-0.3, -0.25) is 9.59 Å². The van der Waals surface area contributed by atoms with Crippen LogP contribution in [0.1, 0.15) is 47.6 Å². The summed E-state index contributed by atoms with van der Waals surface area (Å²) in [5.74, 6) is -2.26. The summed E-state index contributed by atoms with van der Waals surface area (Å²) >= 11 is 0. The lowest BCUT2D eigenvalue weighted by molar-refractivity contribution is -0.192. The minimum atomic E-state index is -5.08. The molecule has 0 spiro atoms. The lowest BCUT2D eigenvalue weighted by atomic mass is 10.0. The number of aliphatic carboxylic acids is 1. The highest BCUT2D eigenvalue weighted by Gasteiger charge is 2.38. The normalized spacial score (nSPS) is 13.3. The van der Waals surface area contributed by atoms with Crippen molar-refractivity contribution in [3.63, 3.8) is 0 Å². The predicted octanol–water partition coefficient (Wildman–Crippen LogP) is 8.49. The highest BCUT2D eigenvalue weighted by molar-refractivity contribution is 5.96. The van der Waals surface area contributed by atoms with Gasteiger partial charge in [0, 0.05) is 19.4 Å². The maximum atomic E-state index is 14.0. The molecule has 5 aromatic rings. The molecule has 0 heterocycles. The number of carbonyl (C=O) groups is 3. The first-order chi connectivity index (χ1) is 25.4. The smallest absolute Gasteiger partial charge is 0.475 e. The second kappa shape index (κ2) is 17.5. The van der Waals surface area contributed by atoms with Crippen LogP contribution in [0.25, 0.3) is 11.1 Å². The number of amides is 2. The van der Waals surface area contributed by atoms with E-state index in [9.17, 15) is 27.2 Å². The number of carboxylic acids is 1. The first-order valence-electron chi connectivity index (χ1n) is 16.8. The lowest BCUT2D eigenvalue weighted by Gasteiger charge is -2.26. The second-order valence-electron chi connectivity index (χ2n) is 12.3. The van der Waals surface area contributed by atoms with Crippen LogP contribution in [0.3, 0.4) is 0 Å². The van der Waals surface area contributed by atoms with E-state index < -0.39 is 12.1 Å². The number of carbonyl (C=O) groups excluding carboxylic acids is 2. The number of fused-ring (bicyclic) bond motifs is 1. The molecule has 0 saturated carbocycles. The van der Waals surface area contributed by atoms with E-state index in [0.717, 1.165) is 40.7 Å². The number of carboxylic acid groups (broad SMARTS) is 1. The molecular formula is C41H37F4N3O5. The molecule has 0 bridgehead atoms. The number of anilines is 1. The zero-order valence-electron chi connectivity index (χ0n) is 28.5. The van der Waals surface area contributed by atoms with E-state index in [0.29, 0.717) is 23.7 Å². The summed E-state index contributed by atoms with van der Waals surface area (Å²) in [6, 6.07) is 37.2. The van der Waals surface area contributed by atoms with E-state index in [4.69, 9.17) is 20.4 Å². The Bertz CT molecular complexity index is 2040. The van der Waals surface area contributed by atoms with Gasteiger partial charge in [-0.25, -0.2) is 9.18 Å². The Kier molecular flexibility index (Phi) is 12.6. The molecule has 0 aliphatic heterocycles. The van der Waals surface area contributed by atoms with Gasteiger partial charge in [0.15, 0.2) is 5.75 Å². The predicted molar refractivity (Wildman–Crippen MR) is 192 cm³/mol. The summed E-state index contributed by atoms with van der Waals surface area (Å²) in [6.45, 7) is 0.648. The Labute approximate surface area is 303 Å². The van der Waals surface area contributed by atoms with Crippen LogP contribution in [0.4, 0.5) is 23.2 Å². The number of ether oxygens (including phenoxy) is 1. The molecule has 1 aliphatic rings. The zero-order valence-corrected chi connectivity index (χ0v) is 28.5. The number of alkyl halides is 3. The van der Waals surface area contributed by atoms with Crippen LogP contribution in [-0.4, -0.2) is 29.1 Å². The van der Waals surface area contributed by atoms with E-state index in [1.54, 1.807) is 17.0 Å². The topological polar surface area (TPSA) is 122 Å². The van der Waals surface area contributed by atoms with Crippen LogP contribution >= 0.6 is 0 Å². The van der Waals surface area contributed by atoms with Gasteiger partial charge < -0.3 is 25.8 Å². The summed E-state index contributed by atoms with van der Waals surface area (Å²) < 4.78 is 51.5. The first kappa shape index (κ1) is 38.2. The number of nitrogens with two attached hydrogens (primary N) is 1. The summed E-state index contributed by atoms with van der Waals surface area (Å²) in [7, 11) is 0. The van der Waals surface area contributed by atoms with Crippen molar-refractivity contribution in [3.05, 3.63) is 149 Å². The molecule has 6 rings (SSSR count). The molecule has 0 radical (unpaired) electrons. The van der Waals surface area contributed by atoms with Gasteiger partial charge >= 0.3 is 12.1 Å². The highest BCUT2D eigenvalue weighted by Crippen LogP contribution is 2.35. The van der Waals surface area contributed by atoms with Gasteiger partial charge in [0.25, 0.3) is 0 Å². The monoisotopic (exact) mass is 727 g/mol. The van der Waals surface area contributed by atoms with E-state index >= 15 is 0 Å². The van der Waals surface area contributed by atoms with Gasteiger partial charge in [0.05, 0.1) is 18.3 Å². The second-order valence-corrected chi connectivity index (χ2v) is 12.3. The number of aryl methyl sites for hydroxylation is 1. The molecule has 5 aromatic carbocycles. The first-order valence-corrected chi connectivity index (χ1v) is 16.8. The molecule has 8 nitrogen and oxygen atoms in total. The van der Waals surface area contributed by atoms with E-state index in [1.165, 1.54) is 17.7 Å². The van der Waals surface area contributed by atoms with E-state index in [2.05, 4.69) is 17.4 Å². The van der Waals surface area contributed by atoms with Gasteiger partial charge in [-0.2, -0.15) is 13.2 Å². The van der Waals surface area contributed by atoms with Crippen molar-refractivity contribution in [2.75, 3.05) is 4.90 Å². The molecule has 0 saturated heterocycles. The van der Waals surface area contributed by atoms with Crippen molar-refractivity contribution < 1.29 is 41.8 Å². The van der Waals surface area contributed by atoms with Gasteiger partial charge in [-0.05, 0) is 82.6 Å². The molecule has 1 atom stereocenters. The number of para-hydroxylation sites is 2. The van der Waals surface area contributed by atoms with Crippen LogP contribution in [0.5, 0.6) is 11.5 Å². The SMILES string of the molecule is NCc1cccc(Oc2ccccc2N(Cc2ccc(-c3ccc(F)cc3)cc2)C(=O)CCC(=O)NC2CCc3ccccc32)c1.O=C(O)C(F)(F)F. The average molecular weight is 728 g/mol. The molecular weight excluding hydrogens is 690 g/mol. The quantitative estimate of drug-likeness (QED) is 0.117. The Balaban J connectivity index is 0.000000705. The maximum absolute atomic E-state index is 14.0. The van der Waals surface area contributed by atoms with Crippen molar-refractivity contribution >= 4 is 23.5 Å². The third kappa shape index (κ3) is 10.5. The fourth-order valence-corrected chi connectivity index (χ4v) is 5.89. The molecule has 1 unspecified atom stereocenters. The van der Waals surface area contributed by atoms with E-state index in [-0.39, 0.29) is 43.1 Å². The molecule has 12 heteroatoms. The maximum Gasteiger partial charge on any atom is 0.490 e. The van der Waals surface area contributed by atoms with Gasteiger partial charge in [-0.1, -0.05) is 84.9 Å². The largest absolute Gasteiger partial charge is 0.490 e. The van der Waals surface area contributed by atoms with Crippen molar-refractivity contribution in [2.45, 2.75) is 51.0 Å². The van der Waals surface area contributed by atoms with Crippen molar-refractivity contribution in [3.8, 4) is 22.6 Å². The number of hydrogen-bond acceptors (Lipinski definition) is 5.